The highest BCUT2D eigenvalue weighted by Gasteiger charge is 2.40. The Labute approximate surface area is 203 Å². The van der Waals surface area contributed by atoms with E-state index in [9.17, 15) is 14.3 Å². The number of aliphatic hydroxyl groups is 1. The molecule has 2 aliphatic heterocycles. The number of hydrogen-bond acceptors (Lipinski definition) is 5. The van der Waals surface area contributed by atoms with E-state index < -0.39 is 12.4 Å². The molecular formula is C27H26FN3O2S. The standard InChI is InChI=1S/C27H26FN3O2S/c28-23-15-21(34)12-11-20(23)16-30-14-13-24-22(17-30)26(32)31(27(33)29-24)25(18-7-3-1-4-8-18)19-9-5-2-6-10-19/h1-12,15,25,27,29,33-34H,13-14,16-17H2. The van der Waals surface area contributed by atoms with Gasteiger partial charge in [0.05, 0.1) is 11.6 Å². The van der Waals surface area contributed by atoms with Gasteiger partial charge in [0.1, 0.15) is 5.82 Å². The highest BCUT2D eigenvalue weighted by molar-refractivity contribution is 7.80. The molecule has 174 valence electrons. The second-order valence-electron chi connectivity index (χ2n) is 8.65. The fourth-order valence-electron chi connectivity index (χ4n) is 4.75. The summed E-state index contributed by atoms with van der Waals surface area (Å²) in [6, 6.07) is 23.9. The fourth-order valence-corrected chi connectivity index (χ4v) is 4.94. The Morgan fingerprint density at radius 1 is 1.03 bits per heavy atom. The molecular weight excluding hydrogens is 449 g/mol. The Bertz CT molecular complexity index is 1180. The second kappa shape index (κ2) is 9.62. The molecule has 0 aromatic heterocycles. The largest absolute Gasteiger partial charge is 0.356 e. The number of thiol groups is 1. The van der Waals surface area contributed by atoms with Gasteiger partial charge in [-0.25, -0.2) is 4.39 Å². The zero-order valence-corrected chi connectivity index (χ0v) is 19.5. The number of carbonyl (C=O) groups excluding carboxylic acids is 1. The van der Waals surface area contributed by atoms with Crippen LogP contribution >= 0.6 is 12.6 Å². The highest BCUT2D eigenvalue weighted by atomic mass is 32.1. The molecule has 1 amide bonds. The van der Waals surface area contributed by atoms with Crippen molar-refractivity contribution >= 4 is 18.5 Å². The summed E-state index contributed by atoms with van der Waals surface area (Å²) in [7, 11) is 0. The maximum atomic E-state index is 14.4. The number of nitrogens with one attached hydrogen (secondary N) is 1. The molecule has 0 saturated heterocycles. The number of benzene rings is 3. The van der Waals surface area contributed by atoms with E-state index in [-0.39, 0.29) is 11.7 Å². The van der Waals surface area contributed by atoms with Crippen LogP contribution in [0.15, 0.2) is 95.0 Å². The van der Waals surface area contributed by atoms with E-state index in [0.29, 0.717) is 42.1 Å². The van der Waals surface area contributed by atoms with Crippen molar-refractivity contribution in [3.05, 3.63) is 113 Å². The summed E-state index contributed by atoms with van der Waals surface area (Å²) in [5, 5.41) is 14.2. The number of amides is 1. The van der Waals surface area contributed by atoms with Gasteiger partial charge in [0.15, 0.2) is 0 Å². The normalized spacial score (nSPS) is 18.8. The van der Waals surface area contributed by atoms with E-state index >= 15 is 0 Å². The van der Waals surface area contributed by atoms with Gasteiger partial charge in [-0.05, 0) is 23.3 Å². The number of hydrogen-bond donors (Lipinski definition) is 3. The molecule has 0 bridgehead atoms. The minimum atomic E-state index is -1.15. The molecule has 1 atom stereocenters. The first kappa shape index (κ1) is 22.7. The summed E-state index contributed by atoms with van der Waals surface area (Å²) >= 11 is 4.19. The zero-order valence-electron chi connectivity index (χ0n) is 18.6. The molecule has 3 aromatic carbocycles. The van der Waals surface area contributed by atoms with Gasteiger partial charge < -0.3 is 10.4 Å². The molecule has 2 heterocycles. The Morgan fingerprint density at radius 2 is 1.68 bits per heavy atom. The summed E-state index contributed by atoms with van der Waals surface area (Å²) in [5.74, 6) is -0.513. The molecule has 5 rings (SSSR count). The van der Waals surface area contributed by atoms with Crippen LogP contribution in [-0.2, 0) is 11.3 Å². The van der Waals surface area contributed by atoms with E-state index in [1.54, 1.807) is 12.1 Å². The fraction of sp³-hybridized carbons (Fsp3) is 0.222. The van der Waals surface area contributed by atoms with Crippen molar-refractivity contribution in [1.29, 1.82) is 0 Å². The van der Waals surface area contributed by atoms with Crippen LogP contribution in [0.2, 0.25) is 0 Å². The lowest BCUT2D eigenvalue weighted by Gasteiger charge is -2.44. The van der Waals surface area contributed by atoms with Gasteiger partial charge >= 0.3 is 0 Å². The van der Waals surface area contributed by atoms with Gasteiger partial charge in [0, 0.05) is 42.2 Å². The minimum Gasteiger partial charge on any atom is -0.356 e. The van der Waals surface area contributed by atoms with Crippen LogP contribution in [0.3, 0.4) is 0 Å². The van der Waals surface area contributed by atoms with Gasteiger partial charge in [0.2, 0.25) is 6.35 Å². The quantitative estimate of drug-likeness (QED) is 0.487. The van der Waals surface area contributed by atoms with Crippen molar-refractivity contribution < 1.29 is 14.3 Å². The highest BCUT2D eigenvalue weighted by Crippen LogP contribution is 2.35. The molecule has 2 aliphatic rings. The van der Waals surface area contributed by atoms with Crippen LogP contribution < -0.4 is 5.32 Å². The molecule has 7 heteroatoms. The third kappa shape index (κ3) is 4.46. The predicted molar refractivity (Wildman–Crippen MR) is 131 cm³/mol. The number of carbonyl (C=O) groups is 1. The van der Waals surface area contributed by atoms with Gasteiger partial charge in [-0.3, -0.25) is 14.6 Å². The monoisotopic (exact) mass is 475 g/mol. The van der Waals surface area contributed by atoms with Crippen LogP contribution in [0, 0.1) is 5.82 Å². The van der Waals surface area contributed by atoms with Crippen LogP contribution in [0.1, 0.15) is 29.2 Å². The van der Waals surface area contributed by atoms with Gasteiger partial charge in [-0.15, -0.1) is 12.6 Å². The van der Waals surface area contributed by atoms with Crippen molar-refractivity contribution in [3.63, 3.8) is 0 Å². The second-order valence-corrected chi connectivity index (χ2v) is 9.16. The van der Waals surface area contributed by atoms with E-state index in [2.05, 4.69) is 22.8 Å². The summed E-state index contributed by atoms with van der Waals surface area (Å²) in [6.07, 6.45) is -0.567. The average Bonchev–Trinajstić information content (AvgIpc) is 2.85. The number of rotatable bonds is 5. The Kier molecular flexibility index (Phi) is 6.41. The first-order valence-corrected chi connectivity index (χ1v) is 11.7. The third-order valence-corrected chi connectivity index (χ3v) is 6.70. The summed E-state index contributed by atoms with van der Waals surface area (Å²) in [5.41, 5.74) is 3.76. The van der Waals surface area contributed by atoms with Crippen LogP contribution in [0.4, 0.5) is 4.39 Å². The molecule has 3 aromatic rings. The first-order valence-electron chi connectivity index (χ1n) is 11.3. The summed E-state index contributed by atoms with van der Waals surface area (Å²) in [6.45, 7) is 1.44. The van der Waals surface area contributed by atoms with E-state index in [1.165, 1.54) is 11.0 Å². The number of nitrogens with zero attached hydrogens (tertiary/aromatic N) is 2. The summed E-state index contributed by atoms with van der Waals surface area (Å²) < 4.78 is 14.4. The lowest BCUT2D eigenvalue weighted by atomic mass is 9.94. The molecule has 0 radical (unpaired) electrons. The molecule has 0 aliphatic carbocycles. The average molecular weight is 476 g/mol. The Hall–Kier alpha value is -3.13. The van der Waals surface area contributed by atoms with Crippen LogP contribution in [-0.4, -0.2) is 40.3 Å². The first-order chi connectivity index (χ1) is 16.5. The molecule has 5 nitrogen and oxygen atoms in total. The molecule has 0 spiro atoms. The van der Waals surface area contributed by atoms with Crippen molar-refractivity contribution in [2.24, 2.45) is 0 Å². The SMILES string of the molecule is O=C1C2=C(CCN(Cc3ccc(S)cc3F)C2)NC(O)N1C(c1ccccc1)c1ccccc1. The van der Waals surface area contributed by atoms with Crippen LogP contribution in [0.25, 0.3) is 0 Å². The molecule has 34 heavy (non-hydrogen) atoms. The smallest absolute Gasteiger partial charge is 0.257 e. The van der Waals surface area contributed by atoms with Crippen molar-refractivity contribution in [2.75, 3.05) is 13.1 Å². The molecule has 2 N–H and O–H groups in total. The lowest BCUT2D eigenvalue weighted by Crippen LogP contribution is -2.57. The van der Waals surface area contributed by atoms with E-state index in [4.69, 9.17) is 0 Å². The maximum Gasteiger partial charge on any atom is 0.257 e. The minimum absolute atomic E-state index is 0.213. The molecule has 0 fully saturated rings. The van der Waals surface area contributed by atoms with Crippen molar-refractivity contribution in [3.8, 4) is 0 Å². The van der Waals surface area contributed by atoms with Gasteiger partial charge in [-0.1, -0.05) is 66.7 Å². The molecule has 0 saturated carbocycles. The summed E-state index contributed by atoms with van der Waals surface area (Å²) in [4.78, 5) is 18.0. The number of halogens is 1. The van der Waals surface area contributed by atoms with E-state index in [0.717, 1.165) is 16.8 Å². The zero-order chi connectivity index (χ0) is 23.7. The van der Waals surface area contributed by atoms with E-state index in [1.807, 2.05) is 60.7 Å². The van der Waals surface area contributed by atoms with Crippen molar-refractivity contribution in [1.82, 2.24) is 15.1 Å². The van der Waals surface area contributed by atoms with Gasteiger partial charge in [0.25, 0.3) is 5.91 Å². The van der Waals surface area contributed by atoms with Crippen molar-refractivity contribution in [2.45, 2.75) is 30.3 Å². The molecule has 1 unspecified atom stereocenters. The lowest BCUT2D eigenvalue weighted by molar-refractivity contribution is -0.145. The topological polar surface area (TPSA) is 55.8 Å². The van der Waals surface area contributed by atoms with Crippen LogP contribution in [0.5, 0.6) is 0 Å². The number of aliphatic hydroxyl groups excluding tert-OH is 1. The van der Waals surface area contributed by atoms with Gasteiger partial charge in [-0.2, -0.15) is 0 Å². The Morgan fingerprint density at radius 3 is 2.29 bits per heavy atom. The third-order valence-electron chi connectivity index (χ3n) is 6.42. The maximum absolute atomic E-state index is 14.4. The predicted octanol–water partition coefficient (Wildman–Crippen LogP) is 4.07. The Balaban J connectivity index is 1.44.